The molecule has 1 rings (SSSR count). The summed E-state index contributed by atoms with van der Waals surface area (Å²) < 4.78 is 24.4. The maximum Gasteiger partial charge on any atom is 0.372 e. The molecule has 86 valence electrons. The van der Waals surface area contributed by atoms with E-state index >= 15 is 0 Å². The number of hydrogen-bond donors (Lipinski definition) is 2. The Morgan fingerprint density at radius 1 is 1.27 bits per heavy atom. The summed E-state index contributed by atoms with van der Waals surface area (Å²) in [5.41, 5.74) is 0. The fourth-order valence-electron chi connectivity index (χ4n) is 1.46. The highest BCUT2D eigenvalue weighted by Crippen LogP contribution is 2.10. The lowest BCUT2D eigenvalue weighted by Crippen LogP contribution is -2.41. The zero-order valence-electron chi connectivity index (χ0n) is 8.09. The van der Waals surface area contributed by atoms with Crippen molar-refractivity contribution in [2.45, 2.75) is 19.3 Å². The monoisotopic (exact) mass is 235 g/mol. The number of likely N-dealkylation sites (tertiary alicyclic amines) is 1. The Balaban J connectivity index is 2.92. The Hall–Kier alpha value is -1.15. The third-order valence-corrected chi connectivity index (χ3v) is 2.49. The lowest BCUT2D eigenvalue weighted by atomic mass is 10.1. The minimum atomic E-state index is -4.15. The summed E-state index contributed by atoms with van der Waals surface area (Å²) in [4.78, 5) is 12.2. The maximum atomic E-state index is 10.8. The molecule has 0 aliphatic carbocycles. The summed E-state index contributed by atoms with van der Waals surface area (Å²) in [6.07, 6.45) is 2.67. The van der Waals surface area contributed by atoms with Gasteiger partial charge in [0.1, 0.15) is 0 Å². The quantitative estimate of drug-likeness (QED) is 0.454. The lowest BCUT2D eigenvalue weighted by molar-refractivity contribution is -0.130. The molecule has 0 radical (unpaired) electrons. The number of nitrogens with two attached hydrogens (primary N) is 1. The van der Waals surface area contributed by atoms with Crippen molar-refractivity contribution < 1.29 is 18.3 Å². The number of hydrogen-bond acceptors (Lipinski definition) is 3. The summed E-state index contributed by atoms with van der Waals surface area (Å²) >= 11 is 0. The molecule has 0 amide bonds. The van der Waals surface area contributed by atoms with E-state index < -0.39 is 22.0 Å². The second kappa shape index (κ2) is 4.58. The molecule has 1 aliphatic heterocycles. The van der Waals surface area contributed by atoms with Gasteiger partial charge in [0, 0.05) is 13.1 Å². The maximum absolute atomic E-state index is 10.8. The number of carbonyl (C=O) groups is 1. The van der Waals surface area contributed by atoms with Crippen molar-refractivity contribution in [3.8, 4) is 0 Å². The lowest BCUT2D eigenvalue weighted by Gasteiger charge is -2.27. The van der Waals surface area contributed by atoms with Crippen molar-refractivity contribution in [2.75, 3.05) is 13.1 Å². The summed E-state index contributed by atoms with van der Waals surface area (Å²) in [7, 11) is -4.15. The van der Waals surface area contributed by atoms with E-state index in [2.05, 4.69) is 9.54 Å². The van der Waals surface area contributed by atoms with Gasteiger partial charge >= 0.3 is 16.2 Å². The third-order valence-electron chi connectivity index (χ3n) is 2.06. The van der Waals surface area contributed by atoms with Crippen molar-refractivity contribution in [1.82, 2.24) is 4.90 Å². The molecule has 1 heterocycles. The van der Waals surface area contributed by atoms with Crippen LogP contribution in [-0.4, -0.2) is 43.3 Å². The van der Waals surface area contributed by atoms with Crippen LogP contribution in [0.3, 0.4) is 0 Å². The smallest absolute Gasteiger partial charge is 0.372 e. The Morgan fingerprint density at radius 2 is 1.80 bits per heavy atom. The van der Waals surface area contributed by atoms with Crippen molar-refractivity contribution in [3.05, 3.63) is 0 Å². The van der Waals surface area contributed by atoms with Crippen LogP contribution in [0.1, 0.15) is 19.3 Å². The summed E-state index contributed by atoms with van der Waals surface area (Å²) in [5, 5.41) is 13.5. The van der Waals surface area contributed by atoms with Crippen LogP contribution in [0, 0.1) is 0 Å². The SMILES string of the molecule is NS(=O)(=O)/N=C(\C(=O)O)N1CCCCC1. The van der Waals surface area contributed by atoms with Crippen LogP contribution in [-0.2, 0) is 15.0 Å². The highest BCUT2D eigenvalue weighted by Gasteiger charge is 2.22. The average Bonchev–Trinajstić information content (AvgIpc) is 2.14. The number of nitrogens with zero attached hydrogens (tertiary/aromatic N) is 2. The molecule has 1 fully saturated rings. The molecular formula is C7H13N3O4S. The summed E-state index contributed by atoms with van der Waals surface area (Å²) in [5.74, 6) is -1.86. The molecule has 0 aromatic carbocycles. The van der Waals surface area contributed by atoms with Gasteiger partial charge in [0.05, 0.1) is 0 Å². The van der Waals surface area contributed by atoms with E-state index in [-0.39, 0.29) is 0 Å². The van der Waals surface area contributed by atoms with Gasteiger partial charge in [-0.3, -0.25) is 0 Å². The first kappa shape index (κ1) is 11.9. The van der Waals surface area contributed by atoms with Gasteiger partial charge in [0.15, 0.2) is 0 Å². The number of carboxylic acids is 1. The highest BCUT2D eigenvalue weighted by atomic mass is 32.2. The molecule has 0 spiro atoms. The Bertz CT molecular complexity index is 370. The Labute approximate surface area is 87.8 Å². The van der Waals surface area contributed by atoms with Gasteiger partial charge in [-0.25, -0.2) is 9.93 Å². The number of amidine groups is 1. The molecule has 3 N–H and O–H groups in total. The van der Waals surface area contributed by atoms with Crippen LogP contribution in [0.25, 0.3) is 0 Å². The molecule has 7 nitrogen and oxygen atoms in total. The highest BCUT2D eigenvalue weighted by molar-refractivity contribution is 7.88. The van der Waals surface area contributed by atoms with Crippen LogP contribution in [0.4, 0.5) is 0 Å². The van der Waals surface area contributed by atoms with Crippen LogP contribution in [0.5, 0.6) is 0 Å². The molecule has 0 aromatic heterocycles. The van der Waals surface area contributed by atoms with E-state index in [4.69, 9.17) is 5.11 Å². The van der Waals surface area contributed by atoms with Gasteiger partial charge in [-0.05, 0) is 19.3 Å². The number of rotatable bonds is 1. The fourth-order valence-corrected chi connectivity index (χ4v) is 1.89. The number of piperidine rings is 1. The number of aliphatic carboxylic acids is 1. The van der Waals surface area contributed by atoms with E-state index in [0.29, 0.717) is 13.1 Å². The van der Waals surface area contributed by atoms with Crippen molar-refractivity contribution in [3.63, 3.8) is 0 Å². The first-order valence-electron chi connectivity index (χ1n) is 4.51. The standard InChI is InChI=1S/C7H13N3O4S/c8-15(13,14)9-6(7(11)12)10-4-2-1-3-5-10/h1-5H2,(H,11,12)(H2,8,13,14)/b9-6+. The fraction of sp³-hybridized carbons (Fsp3) is 0.714. The average molecular weight is 235 g/mol. The molecule has 15 heavy (non-hydrogen) atoms. The second-order valence-corrected chi connectivity index (χ2v) is 4.50. The van der Waals surface area contributed by atoms with Crippen molar-refractivity contribution >= 4 is 22.0 Å². The van der Waals surface area contributed by atoms with Crippen LogP contribution in [0.15, 0.2) is 4.40 Å². The molecule has 0 saturated carbocycles. The zero-order chi connectivity index (χ0) is 11.5. The normalized spacial score (nSPS) is 19.0. The van der Waals surface area contributed by atoms with Gasteiger partial charge in [-0.2, -0.15) is 8.42 Å². The molecular weight excluding hydrogens is 222 g/mol. The van der Waals surface area contributed by atoms with Gasteiger partial charge in [0.25, 0.3) is 0 Å². The minimum absolute atomic E-state index is 0.489. The van der Waals surface area contributed by atoms with E-state index in [1.54, 1.807) is 0 Å². The molecule has 0 atom stereocenters. The zero-order valence-corrected chi connectivity index (χ0v) is 8.90. The first-order chi connectivity index (χ1) is 6.90. The van der Waals surface area contributed by atoms with Crippen LogP contribution in [0.2, 0.25) is 0 Å². The van der Waals surface area contributed by atoms with Gasteiger partial charge in [-0.1, -0.05) is 0 Å². The van der Waals surface area contributed by atoms with E-state index in [1.807, 2.05) is 0 Å². The molecule has 0 aromatic rings. The molecule has 0 bridgehead atoms. The summed E-state index contributed by atoms with van der Waals surface area (Å²) in [6.45, 7) is 1.00. The summed E-state index contributed by atoms with van der Waals surface area (Å²) in [6, 6.07) is 0. The minimum Gasteiger partial charge on any atom is -0.475 e. The van der Waals surface area contributed by atoms with E-state index in [0.717, 1.165) is 19.3 Å². The van der Waals surface area contributed by atoms with Gasteiger partial charge < -0.3 is 10.0 Å². The van der Waals surface area contributed by atoms with Gasteiger partial charge in [-0.15, -0.1) is 4.40 Å². The van der Waals surface area contributed by atoms with E-state index in [1.165, 1.54) is 4.90 Å². The Kier molecular flexibility index (Phi) is 3.64. The third kappa shape index (κ3) is 3.84. The van der Waals surface area contributed by atoms with Crippen LogP contribution < -0.4 is 5.14 Å². The number of carboxylic acid groups (broad SMARTS) is 1. The second-order valence-electron chi connectivity index (χ2n) is 3.28. The predicted molar refractivity (Wildman–Crippen MR) is 53.6 cm³/mol. The topological polar surface area (TPSA) is 113 Å². The van der Waals surface area contributed by atoms with Gasteiger partial charge in [0.2, 0.25) is 5.84 Å². The largest absolute Gasteiger partial charge is 0.475 e. The molecule has 8 heteroatoms. The molecule has 0 unspecified atom stereocenters. The predicted octanol–water partition coefficient (Wildman–Crippen LogP) is -0.841. The molecule has 1 aliphatic rings. The molecule has 1 saturated heterocycles. The Morgan fingerprint density at radius 3 is 2.20 bits per heavy atom. The van der Waals surface area contributed by atoms with Crippen LogP contribution >= 0.6 is 0 Å². The van der Waals surface area contributed by atoms with Crippen molar-refractivity contribution in [1.29, 1.82) is 0 Å². The van der Waals surface area contributed by atoms with E-state index in [9.17, 15) is 13.2 Å². The van der Waals surface area contributed by atoms with Crippen molar-refractivity contribution in [2.24, 2.45) is 9.54 Å². The first-order valence-corrected chi connectivity index (χ1v) is 6.01.